The summed E-state index contributed by atoms with van der Waals surface area (Å²) in [5.74, 6) is 0.756. The maximum Gasteiger partial charge on any atom is 0.0182 e. The molecule has 0 spiro atoms. The van der Waals surface area contributed by atoms with E-state index < -0.39 is 0 Å². The van der Waals surface area contributed by atoms with Crippen molar-refractivity contribution < 1.29 is 0 Å². The molecule has 0 radical (unpaired) electrons. The Labute approximate surface area is 209 Å². The van der Waals surface area contributed by atoms with E-state index in [1.807, 2.05) is 0 Å². The van der Waals surface area contributed by atoms with Crippen molar-refractivity contribution in [1.29, 1.82) is 0 Å². The molecule has 2 heteroatoms. The summed E-state index contributed by atoms with van der Waals surface area (Å²) >= 11 is 0. The first kappa shape index (κ1) is 33.6. The maximum atomic E-state index is 7.23. The van der Waals surface area contributed by atoms with Crippen LogP contribution >= 0.6 is 17.0 Å². The monoisotopic (exact) mass is 503 g/mol. The summed E-state index contributed by atoms with van der Waals surface area (Å²) in [4.78, 5) is 0. The minimum absolute atomic E-state index is 0. The van der Waals surface area contributed by atoms with Crippen LogP contribution in [0.4, 0.5) is 0 Å². The molecular weight excluding hydrogens is 442 g/mol. The Morgan fingerprint density at radius 2 is 0.742 bits per heavy atom. The van der Waals surface area contributed by atoms with Crippen LogP contribution in [-0.2, 0) is 0 Å². The van der Waals surface area contributed by atoms with E-state index in [1.165, 1.54) is 148 Å². The molecule has 0 rings (SSSR count). The average molecular weight is 505 g/mol. The van der Waals surface area contributed by atoms with E-state index in [0.717, 1.165) is 5.92 Å². The summed E-state index contributed by atoms with van der Waals surface area (Å²) in [6.07, 6.45) is 31.7. The summed E-state index contributed by atoms with van der Waals surface area (Å²) in [5.41, 5.74) is 7.33. The van der Waals surface area contributed by atoms with Gasteiger partial charge in [0.15, 0.2) is 0 Å². The molecule has 2 N–H and O–H groups in total. The van der Waals surface area contributed by atoms with E-state index in [9.17, 15) is 0 Å². The normalized spacial score (nSPS) is 12.7. The van der Waals surface area contributed by atoms with Gasteiger partial charge in [0.05, 0.1) is 0 Å². The van der Waals surface area contributed by atoms with Crippen molar-refractivity contribution in [3.8, 4) is 0 Å². The van der Waals surface area contributed by atoms with Crippen LogP contribution in [0.2, 0.25) is 0 Å². The quantitative estimate of drug-likeness (QED) is 0.130. The standard InChI is InChI=1S/C29H61N.BrH/c1-5-9-13-14-15-16-17-18-19-21-25-28(24-20-10-6-2)29(30,26-22-11-7-3)27-23-12-8-4;/h28H,5-27,30H2,1-4H3;1H. The van der Waals surface area contributed by atoms with Gasteiger partial charge in [-0.2, -0.15) is 0 Å². The highest BCUT2D eigenvalue weighted by molar-refractivity contribution is 8.93. The van der Waals surface area contributed by atoms with Gasteiger partial charge in [-0.1, -0.05) is 150 Å². The van der Waals surface area contributed by atoms with Crippen molar-refractivity contribution in [3.63, 3.8) is 0 Å². The van der Waals surface area contributed by atoms with Gasteiger partial charge in [-0.3, -0.25) is 0 Å². The third-order valence-corrected chi connectivity index (χ3v) is 7.37. The summed E-state index contributed by atoms with van der Waals surface area (Å²) in [7, 11) is 0. The smallest absolute Gasteiger partial charge is 0.0182 e. The van der Waals surface area contributed by atoms with Gasteiger partial charge in [0, 0.05) is 5.54 Å². The molecule has 190 valence electrons. The second-order valence-electron chi connectivity index (χ2n) is 10.3. The minimum atomic E-state index is 0. The molecule has 0 aromatic carbocycles. The molecular formula is C29H62BrN. The Kier molecular flexibility index (Phi) is 27.2. The van der Waals surface area contributed by atoms with Gasteiger partial charge in [0.1, 0.15) is 0 Å². The zero-order valence-corrected chi connectivity index (χ0v) is 24.0. The topological polar surface area (TPSA) is 26.0 Å². The summed E-state index contributed by atoms with van der Waals surface area (Å²) in [6, 6.07) is 0. The predicted octanol–water partition coefficient (Wildman–Crippen LogP) is 10.9. The van der Waals surface area contributed by atoms with Crippen molar-refractivity contribution in [3.05, 3.63) is 0 Å². The van der Waals surface area contributed by atoms with Crippen molar-refractivity contribution in [2.75, 3.05) is 0 Å². The van der Waals surface area contributed by atoms with Crippen molar-refractivity contribution in [1.82, 2.24) is 0 Å². The summed E-state index contributed by atoms with van der Waals surface area (Å²) < 4.78 is 0. The highest BCUT2D eigenvalue weighted by Gasteiger charge is 2.32. The Morgan fingerprint density at radius 3 is 1.16 bits per heavy atom. The lowest BCUT2D eigenvalue weighted by molar-refractivity contribution is 0.190. The van der Waals surface area contributed by atoms with Gasteiger partial charge >= 0.3 is 0 Å². The minimum Gasteiger partial charge on any atom is -0.325 e. The molecule has 0 aromatic heterocycles. The van der Waals surface area contributed by atoms with Gasteiger partial charge in [-0.05, 0) is 31.6 Å². The average Bonchev–Trinajstić information content (AvgIpc) is 2.74. The SMILES string of the molecule is Br.CCCCCCCCCCCCC(CCCCC)C(N)(CCCCC)CCCCC. The zero-order chi connectivity index (χ0) is 22.3. The molecule has 0 bridgehead atoms. The van der Waals surface area contributed by atoms with Gasteiger partial charge < -0.3 is 5.73 Å². The molecule has 31 heavy (non-hydrogen) atoms. The first-order chi connectivity index (χ1) is 14.6. The van der Waals surface area contributed by atoms with E-state index in [2.05, 4.69) is 27.7 Å². The van der Waals surface area contributed by atoms with Crippen LogP contribution in [-0.4, -0.2) is 5.54 Å². The number of nitrogens with two attached hydrogens (primary N) is 1. The lowest BCUT2D eigenvalue weighted by Crippen LogP contribution is -2.47. The first-order valence-corrected chi connectivity index (χ1v) is 14.4. The molecule has 0 saturated carbocycles. The van der Waals surface area contributed by atoms with Crippen LogP contribution in [0.3, 0.4) is 0 Å². The number of hydrogen-bond acceptors (Lipinski definition) is 1. The molecule has 1 nitrogen and oxygen atoms in total. The molecule has 0 fully saturated rings. The molecule has 0 aliphatic rings. The fourth-order valence-corrected chi connectivity index (χ4v) is 5.18. The fourth-order valence-electron chi connectivity index (χ4n) is 5.18. The Bertz CT molecular complexity index is 321. The van der Waals surface area contributed by atoms with E-state index in [4.69, 9.17) is 5.73 Å². The number of unbranched alkanes of at least 4 members (excludes halogenated alkanes) is 15. The van der Waals surface area contributed by atoms with Gasteiger partial charge in [-0.25, -0.2) is 0 Å². The van der Waals surface area contributed by atoms with E-state index >= 15 is 0 Å². The third-order valence-electron chi connectivity index (χ3n) is 7.37. The molecule has 0 saturated heterocycles. The van der Waals surface area contributed by atoms with Crippen LogP contribution in [0.1, 0.15) is 175 Å². The number of halogens is 1. The van der Waals surface area contributed by atoms with Gasteiger partial charge in [0.25, 0.3) is 0 Å². The van der Waals surface area contributed by atoms with E-state index in [-0.39, 0.29) is 22.5 Å². The van der Waals surface area contributed by atoms with E-state index in [1.54, 1.807) is 0 Å². The second-order valence-corrected chi connectivity index (χ2v) is 10.3. The Morgan fingerprint density at radius 1 is 0.452 bits per heavy atom. The lowest BCUT2D eigenvalue weighted by atomic mass is 9.72. The Balaban J connectivity index is 0. The largest absolute Gasteiger partial charge is 0.325 e. The van der Waals surface area contributed by atoms with Gasteiger partial charge in [0.2, 0.25) is 0 Å². The van der Waals surface area contributed by atoms with Crippen LogP contribution in [0, 0.1) is 5.92 Å². The summed E-state index contributed by atoms with van der Waals surface area (Å²) in [6.45, 7) is 9.27. The molecule has 1 atom stereocenters. The van der Waals surface area contributed by atoms with Crippen LogP contribution in [0.25, 0.3) is 0 Å². The molecule has 0 amide bonds. The molecule has 0 aliphatic heterocycles. The second kappa shape index (κ2) is 25.1. The summed E-state index contributed by atoms with van der Waals surface area (Å²) in [5, 5.41) is 0. The van der Waals surface area contributed by atoms with E-state index in [0.29, 0.717) is 0 Å². The number of rotatable bonds is 24. The van der Waals surface area contributed by atoms with Crippen molar-refractivity contribution in [2.24, 2.45) is 11.7 Å². The van der Waals surface area contributed by atoms with Crippen molar-refractivity contribution in [2.45, 2.75) is 181 Å². The van der Waals surface area contributed by atoms with Crippen LogP contribution < -0.4 is 5.73 Å². The lowest BCUT2D eigenvalue weighted by Gasteiger charge is -2.39. The molecule has 0 heterocycles. The Hall–Kier alpha value is 0.440. The van der Waals surface area contributed by atoms with Crippen LogP contribution in [0.5, 0.6) is 0 Å². The highest BCUT2D eigenvalue weighted by Crippen LogP contribution is 2.35. The molecule has 0 aromatic rings. The zero-order valence-electron chi connectivity index (χ0n) is 22.3. The van der Waals surface area contributed by atoms with Crippen LogP contribution in [0.15, 0.2) is 0 Å². The fraction of sp³-hybridized carbons (Fsp3) is 1.00. The molecule has 1 unspecified atom stereocenters. The third kappa shape index (κ3) is 19.6. The predicted molar refractivity (Wildman–Crippen MR) is 150 cm³/mol. The molecule has 0 aliphatic carbocycles. The van der Waals surface area contributed by atoms with Gasteiger partial charge in [-0.15, -0.1) is 17.0 Å². The van der Waals surface area contributed by atoms with Crippen molar-refractivity contribution >= 4 is 17.0 Å². The number of hydrogen-bond donors (Lipinski definition) is 1. The highest BCUT2D eigenvalue weighted by atomic mass is 79.9. The maximum absolute atomic E-state index is 7.23. The first-order valence-electron chi connectivity index (χ1n) is 14.4.